The van der Waals surface area contributed by atoms with Crippen LogP contribution in [-0.2, 0) is 19.7 Å². The first-order valence-electron chi connectivity index (χ1n) is 9.58. The maximum atomic E-state index is 11.8. The van der Waals surface area contributed by atoms with Crippen LogP contribution in [-0.4, -0.2) is 45.4 Å². The van der Waals surface area contributed by atoms with Gasteiger partial charge in [0, 0.05) is 30.0 Å². The van der Waals surface area contributed by atoms with Crippen LogP contribution < -0.4 is 16.4 Å². The molecule has 14 heteroatoms. The Kier molecular flexibility index (Phi) is 8.38. The number of nitrogens with one attached hydrogen (secondary N) is 2. The van der Waals surface area contributed by atoms with Crippen molar-refractivity contribution in [3.8, 4) is 5.75 Å². The lowest BCUT2D eigenvalue weighted by Crippen LogP contribution is -2.19. The molecule has 0 aliphatic rings. The van der Waals surface area contributed by atoms with E-state index in [1.54, 1.807) is 12.1 Å². The molecule has 2 amide bonds. The third kappa shape index (κ3) is 8.28. The SMILES string of the molecule is CS(=O)(=O)c1ccc(N)cc1.CS(=O)(=O)c1ccc(NC(=O)Nc2ccc([N+](=O)[O-])cc2O)cc1. The second-order valence-electron chi connectivity index (χ2n) is 7.18. The van der Waals surface area contributed by atoms with Gasteiger partial charge in [0.1, 0.15) is 5.75 Å². The second kappa shape index (κ2) is 10.8. The highest BCUT2D eigenvalue weighted by atomic mass is 32.2. The Hall–Kier alpha value is -4.17. The van der Waals surface area contributed by atoms with Crippen molar-refractivity contribution < 1.29 is 31.7 Å². The average molecular weight is 523 g/mol. The van der Waals surface area contributed by atoms with Crippen LogP contribution in [0.4, 0.5) is 27.5 Å². The summed E-state index contributed by atoms with van der Waals surface area (Å²) in [6.45, 7) is 0. The summed E-state index contributed by atoms with van der Waals surface area (Å²) in [4.78, 5) is 22.2. The van der Waals surface area contributed by atoms with Crippen molar-refractivity contribution in [2.75, 3.05) is 28.9 Å². The van der Waals surface area contributed by atoms with E-state index >= 15 is 0 Å². The summed E-state index contributed by atoms with van der Waals surface area (Å²) in [5, 5.41) is 25.0. The Morgan fingerprint density at radius 3 is 1.77 bits per heavy atom. The summed E-state index contributed by atoms with van der Waals surface area (Å²) in [7, 11) is -6.40. The van der Waals surface area contributed by atoms with Crippen molar-refractivity contribution in [2.45, 2.75) is 9.79 Å². The molecule has 0 fully saturated rings. The van der Waals surface area contributed by atoms with E-state index in [4.69, 9.17) is 5.73 Å². The Morgan fingerprint density at radius 2 is 1.34 bits per heavy atom. The molecule has 3 aromatic carbocycles. The zero-order valence-electron chi connectivity index (χ0n) is 18.5. The third-order valence-corrected chi connectivity index (χ3v) is 6.55. The number of benzene rings is 3. The summed E-state index contributed by atoms with van der Waals surface area (Å²) in [6.07, 6.45) is 2.23. The molecule has 0 aromatic heterocycles. The number of phenols is 1. The highest BCUT2D eigenvalue weighted by molar-refractivity contribution is 7.91. The normalized spacial score (nSPS) is 11.0. The molecule has 3 rings (SSSR count). The van der Waals surface area contributed by atoms with E-state index in [-0.39, 0.29) is 16.3 Å². The highest BCUT2D eigenvalue weighted by Crippen LogP contribution is 2.28. The molecule has 0 aliphatic carbocycles. The number of anilines is 3. The van der Waals surface area contributed by atoms with Gasteiger partial charge in [-0.3, -0.25) is 10.1 Å². The number of rotatable bonds is 5. The lowest BCUT2D eigenvalue weighted by atomic mass is 10.2. The Balaban J connectivity index is 0.000000328. The number of hydrogen-bond donors (Lipinski definition) is 4. The molecule has 0 saturated carbocycles. The minimum absolute atomic E-state index is 0.00847. The lowest BCUT2D eigenvalue weighted by Gasteiger charge is -2.09. The number of sulfone groups is 2. The van der Waals surface area contributed by atoms with E-state index in [0.717, 1.165) is 18.4 Å². The Labute approximate surface area is 201 Å². The van der Waals surface area contributed by atoms with Gasteiger partial charge in [-0.15, -0.1) is 0 Å². The van der Waals surface area contributed by atoms with Crippen LogP contribution in [0.15, 0.2) is 76.5 Å². The number of carbonyl (C=O) groups excluding carboxylic acids is 1. The van der Waals surface area contributed by atoms with E-state index in [1.165, 1.54) is 48.7 Å². The molecule has 0 unspecified atom stereocenters. The van der Waals surface area contributed by atoms with E-state index in [2.05, 4.69) is 10.6 Å². The van der Waals surface area contributed by atoms with E-state index < -0.39 is 36.4 Å². The fraction of sp³-hybridized carbons (Fsp3) is 0.0952. The number of nitrogen functional groups attached to an aromatic ring is 1. The molecule has 0 aliphatic heterocycles. The first kappa shape index (κ1) is 27.1. The van der Waals surface area contributed by atoms with Crippen LogP contribution in [0.5, 0.6) is 5.75 Å². The molecule has 0 saturated heterocycles. The van der Waals surface area contributed by atoms with Gasteiger partial charge in [0.15, 0.2) is 19.7 Å². The fourth-order valence-corrected chi connectivity index (χ4v) is 3.79. The number of aromatic hydroxyl groups is 1. The molecule has 35 heavy (non-hydrogen) atoms. The second-order valence-corrected chi connectivity index (χ2v) is 11.2. The van der Waals surface area contributed by atoms with Crippen LogP contribution in [0.25, 0.3) is 0 Å². The first-order chi connectivity index (χ1) is 16.2. The van der Waals surface area contributed by atoms with Gasteiger partial charge in [-0.25, -0.2) is 21.6 Å². The van der Waals surface area contributed by atoms with E-state index in [1.807, 2.05) is 0 Å². The number of nitro groups is 1. The minimum Gasteiger partial charge on any atom is -0.506 e. The minimum atomic E-state index is -3.33. The number of phenolic OH excluding ortho intramolecular Hbond substituents is 1. The smallest absolute Gasteiger partial charge is 0.323 e. The summed E-state index contributed by atoms with van der Waals surface area (Å²) >= 11 is 0. The summed E-state index contributed by atoms with van der Waals surface area (Å²) < 4.78 is 44.5. The number of urea groups is 1. The Morgan fingerprint density at radius 1 is 0.857 bits per heavy atom. The molecule has 12 nitrogen and oxygen atoms in total. The van der Waals surface area contributed by atoms with Gasteiger partial charge < -0.3 is 21.5 Å². The van der Waals surface area contributed by atoms with Crippen molar-refractivity contribution in [1.29, 1.82) is 0 Å². The number of carbonyl (C=O) groups is 1. The number of hydrogen-bond acceptors (Lipinski definition) is 9. The van der Waals surface area contributed by atoms with Gasteiger partial charge in [-0.1, -0.05) is 0 Å². The molecular formula is C21H22N4O8S2. The largest absolute Gasteiger partial charge is 0.506 e. The number of amides is 2. The standard InChI is InChI=1S/C14H13N3O6S.C7H9NO2S/c1-24(22,23)11-5-2-9(3-6-11)15-14(19)16-12-7-4-10(17(20)21)8-13(12)18;1-11(9,10)7-4-2-6(8)3-5-7/h2-8,18H,1H3,(H2,15,16,19);2-5H,8H2,1H3. The van der Waals surface area contributed by atoms with Crippen LogP contribution in [0, 0.1) is 10.1 Å². The van der Waals surface area contributed by atoms with Gasteiger partial charge in [-0.05, 0) is 54.6 Å². The van der Waals surface area contributed by atoms with Crippen molar-refractivity contribution in [1.82, 2.24) is 0 Å². The quantitative estimate of drug-likeness (QED) is 0.168. The monoisotopic (exact) mass is 522 g/mol. The van der Waals surface area contributed by atoms with E-state index in [0.29, 0.717) is 16.3 Å². The third-order valence-electron chi connectivity index (χ3n) is 4.29. The summed E-state index contributed by atoms with van der Waals surface area (Å²) in [5.74, 6) is -0.452. The Bertz CT molecular complexity index is 1440. The molecule has 0 bridgehead atoms. The van der Waals surface area contributed by atoms with E-state index in [9.17, 15) is 36.9 Å². The number of non-ortho nitro benzene ring substituents is 1. The van der Waals surface area contributed by atoms with Crippen molar-refractivity contribution in [3.05, 3.63) is 76.8 Å². The first-order valence-corrected chi connectivity index (χ1v) is 13.4. The van der Waals surface area contributed by atoms with Crippen molar-refractivity contribution in [2.24, 2.45) is 0 Å². The van der Waals surface area contributed by atoms with Gasteiger partial charge in [0.05, 0.1) is 26.5 Å². The molecule has 0 radical (unpaired) electrons. The highest BCUT2D eigenvalue weighted by Gasteiger charge is 2.13. The predicted octanol–water partition coefficient (Wildman–Crippen LogP) is 3.02. The molecule has 5 N–H and O–H groups in total. The summed E-state index contributed by atoms with van der Waals surface area (Å²) in [6, 6.07) is 14.2. The van der Waals surface area contributed by atoms with Gasteiger partial charge >= 0.3 is 6.03 Å². The topological polar surface area (TPSA) is 199 Å². The number of nitro benzene ring substituents is 1. The van der Waals surface area contributed by atoms with Crippen LogP contribution in [0.1, 0.15) is 0 Å². The number of nitrogens with zero attached hydrogens (tertiary/aromatic N) is 1. The lowest BCUT2D eigenvalue weighted by molar-refractivity contribution is -0.384. The molecule has 186 valence electrons. The van der Waals surface area contributed by atoms with Crippen molar-refractivity contribution in [3.63, 3.8) is 0 Å². The van der Waals surface area contributed by atoms with Crippen LogP contribution >= 0.6 is 0 Å². The van der Waals surface area contributed by atoms with Crippen molar-refractivity contribution >= 4 is 48.5 Å². The maximum Gasteiger partial charge on any atom is 0.323 e. The molecule has 0 spiro atoms. The van der Waals surface area contributed by atoms with Gasteiger partial charge in [0.25, 0.3) is 5.69 Å². The molecule has 0 atom stereocenters. The average Bonchev–Trinajstić information content (AvgIpc) is 2.75. The maximum absolute atomic E-state index is 11.8. The summed E-state index contributed by atoms with van der Waals surface area (Å²) in [5.41, 5.74) is 5.96. The van der Waals surface area contributed by atoms with Gasteiger partial charge in [0.2, 0.25) is 0 Å². The van der Waals surface area contributed by atoms with Crippen LogP contribution in [0.3, 0.4) is 0 Å². The molecular weight excluding hydrogens is 500 g/mol. The van der Waals surface area contributed by atoms with Gasteiger partial charge in [-0.2, -0.15) is 0 Å². The number of nitrogens with two attached hydrogens (primary N) is 1. The zero-order valence-corrected chi connectivity index (χ0v) is 20.1. The predicted molar refractivity (Wildman–Crippen MR) is 131 cm³/mol. The molecule has 3 aromatic rings. The fourth-order valence-electron chi connectivity index (χ4n) is 2.52. The zero-order chi connectivity index (χ0) is 26.4. The van der Waals surface area contributed by atoms with Crippen LogP contribution in [0.2, 0.25) is 0 Å². The molecule has 0 heterocycles.